The summed E-state index contributed by atoms with van der Waals surface area (Å²) in [7, 11) is 1.64. The number of hydrogen-bond donors (Lipinski definition) is 1. The summed E-state index contributed by atoms with van der Waals surface area (Å²) in [6.07, 6.45) is 3.52. The molecule has 4 heteroatoms. The molecule has 3 nitrogen and oxygen atoms in total. The normalized spacial score (nSPS) is 10.1. The van der Waals surface area contributed by atoms with E-state index in [2.05, 4.69) is 25.9 Å². The maximum Gasteiger partial charge on any atom is 0.137 e. The summed E-state index contributed by atoms with van der Waals surface area (Å²) in [5.74, 6) is 1.65. The van der Waals surface area contributed by atoms with Gasteiger partial charge in [0, 0.05) is 18.0 Å². The molecule has 1 aromatic carbocycles. The average Bonchev–Trinajstić information content (AvgIpc) is 2.71. The number of halogens is 1. The fourth-order valence-electron chi connectivity index (χ4n) is 1.23. The Hall–Kier alpha value is -1.29. The Kier molecular flexibility index (Phi) is 2.54. The predicted octanol–water partition coefficient (Wildman–Crippen LogP) is 2.85. The molecule has 0 fully saturated rings. The lowest BCUT2D eigenvalue weighted by atomic mass is 10.2. The number of methoxy groups -OCH3 is 1. The number of aromatic nitrogens is 2. The first-order chi connectivity index (χ1) is 6.81. The number of aromatic amines is 1. The van der Waals surface area contributed by atoms with Crippen LogP contribution in [-0.2, 0) is 0 Å². The standard InChI is InChI=1S/C10H9BrN2O/c1-14-9-6-7(2-3-8(9)11)10-12-4-5-13-10/h2-6H,1H3,(H,12,13). The van der Waals surface area contributed by atoms with Gasteiger partial charge in [0.2, 0.25) is 0 Å². The Bertz CT molecular complexity index is 426. The van der Waals surface area contributed by atoms with Gasteiger partial charge in [-0.15, -0.1) is 0 Å². The zero-order valence-electron chi connectivity index (χ0n) is 7.62. The third-order valence-corrected chi connectivity index (χ3v) is 2.58. The Labute approximate surface area is 90.3 Å². The van der Waals surface area contributed by atoms with Crippen LogP contribution in [-0.4, -0.2) is 17.1 Å². The van der Waals surface area contributed by atoms with Gasteiger partial charge in [0.05, 0.1) is 11.6 Å². The van der Waals surface area contributed by atoms with Gasteiger partial charge in [-0.2, -0.15) is 0 Å². The number of hydrogen-bond acceptors (Lipinski definition) is 2. The van der Waals surface area contributed by atoms with Gasteiger partial charge in [0.25, 0.3) is 0 Å². The lowest BCUT2D eigenvalue weighted by Crippen LogP contribution is -1.86. The summed E-state index contributed by atoms with van der Waals surface area (Å²) in [6.45, 7) is 0. The van der Waals surface area contributed by atoms with E-state index in [9.17, 15) is 0 Å². The van der Waals surface area contributed by atoms with E-state index in [1.807, 2.05) is 18.2 Å². The van der Waals surface area contributed by atoms with Gasteiger partial charge < -0.3 is 9.72 Å². The van der Waals surface area contributed by atoms with Crippen LogP contribution in [0.5, 0.6) is 5.75 Å². The highest BCUT2D eigenvalue weighted by Crippen LogP contribution is 2.28. The van der Waals surface area contributed by atoms with Crippen molar-refractivity contribution in [2.75, 3.05) is 7.11 Å². The Balaban J connectivity index is 2.46. The molecule has 0 bridgehead atoms. The van der Waals surface area contributed by atoms with Crippen molar-refractivity contribution in [3.05, 3.63) is 35.1 Å². The summed E-state index contributed by atoms with van der Waals surface area (Å²) >= 11 is 3.40. The highest BCUT2D eigenvalue weighted by atomic mass is 79.9. The fraction of sp³-hybridized carbons (Fsp3) is 0.100. The van der Waals surface area contributed by atoms with Gasteiger partial charge in [-0.25, -0.2) is 4.98 Å². The van der Waals surface area contributed by atoms with Crippen molar-refractivity contribution in [3.63, 3.8) is 0 Å². The molecule has 0 amide bonds. The van der Waals surface area contributed by atoms with E-state index in [4.69, 9.17) is 4.74 Å². The number of imidazole rings is 1. The van der Waals surface area contributed by atoms with Crippen LogP contribution < -0.4 is 4.74 Å². The zero-order chi connectivity index (χ0) is 9.97. The Morgan fingerprint density at radius 1 is 1.43 bits per heavy atom. The van der Waals surface area contributed by atoms with Gasteiger partial charge in [0.1, 0.15) is 11.6 Å². The van der Waals surface area contributed by atoms with Crippen molar-refractivity contribution in [1.82, 2.24) is 9.97 Å². The molecule has 14 heavy (non-hydrogen) atoms. The van der Waals surface area contributed by atoms with E-state index in [-0.39, 0.29) is 0 Å². The summed E-state index contributed by atoms with van der Waals surface area (Å²) in [5.41, 5.74) is 1.01. The third kappa shape index (κ3) is 1.65. The van der Waals surface area contributed by atoms with Gasteiger partial charge in [-0.1, -0.05) is 0 Å². The van der Waals surface area contributed by atoms with Crippen molar-refractivity contribution in [2.24, 2.45) is 0 Å². The van der Waals surface area contributed by atoms with E-state index in [0.29, 0.717) is 0 Å². The molecule has 2 aromatic rings. The molecule has 0 saturated carbocycles. The van der Waals surface area contributed by atoms with Crippen molar-refractivity contribution in [3.8, 4) is 17.1 Å². The van der Waals surface area contributed by atoms with Crippen molar-refractivity contribution < 1.29 is 4.74 Å². The molecular weight excluding hydrogens is 244 g/mol. The van der Waals surface area contributed by atoms with Gasteiger partial charge in [0.15, 0.2) is 0 Å². The minimum Gasteiger partial charge on any atom is -0.496 e. The van der Waals surface area contributed by atoms with Crippen LogP contribution in [0, 0.1) is 0 Å². The number of H-pyrrole nitrogens is 1. The molecule has 0 unspecified atom stereocenters. The predicted molar refractivity (Wildman–Crippen MR) is 58.3 cm³/mol. The molecule has 0 aliphatic carbocycles. The molecule has 0 spiro atoms. The first kappa shape index (κ1) is 9.27. The van der Waals surface area contributed by atoms with Crippen LogP contribution in [0.1, 0.15) is 0 Å². The van der Waals surface area contributed by atoms with Crippen LogP contribution in [0.15, 0.2) is 35.1 Å². The van der Waals surface area contributed by atoms with E-state index in [1.165, 1.54) is 0 Å². The fourth-order valence-corrected chi connectivity index (χ4v) is 1.64. The van der Waals surface area contributed by atoms with Crippen LogP contribution in [0.25, 0.3) is 11.4 Å². The third-order valence-electron chi connectivity index (χ3n) is 1.92. The van der Waals surface area contributed by atoms with Crippen LogP contribution in [0.3, 0.4) is 0 Å². The van der Waals surface area contributed by atoms with Crippen LogP contribution in [0.2, 0.25) is 0 Å². The lowest BCUT2D eigenvalue weighted by Gasteiger charge is -2.04. The van der Waals surface area contributed by atoms with Gasteiger partial charge in [-0.3, -0.25) is 0 Å². The van der Waals surface area contributed by atoms with E-state index < -0.39 is 0 Å². The quantitative estimate of drug-likeness (QED) is 0.893. The molecular formula is C10H9BrN2O. The van der Waals surface area contributed by atoms with E-state index in [1.54, 1.807) is 19.5 Å². The topological polar surface area (TPSA) is 37.9 Å². The minimum atomic E-state index is 0.805. The summed E-state index contributed by atoms with van der Waals surface area (Å²) in [4.78, 5) is 7.21. The number of benzene rings is 1. The second kappa shape index (κ2) is 3.84. The summed E-state index contributed by atoms with van der Waals surface area (Å²) in [6, 6.07) is 5.85. The summed E-state index contributed by atoms with van der Waals surface area (Å²) < 4.78 is 6.14. The monoisotopic (exact) mass is 252 g/mol. The number of nitrogens with zero attached hydrogens (tertiary/aromatic N) is 1. The molecule has 72 valence electrons. The minimum absolute atomic E-state index is 0.805. The lowest BCUT2D eigenvalue weighted by molar-refractivity contribution is 0.412. The molecule has 0 radical (unpaired) electrons. The Morgan fingerprint density at radius 2 is 2.29 bits per heavy atom. The maximum atomic E-state index is 5.20. The first-order valence-electron chi connectivity index (χ1n) is 4.14. The molecule has 0 atom stereocenters. The van der Waals surface area contributed by atoms with Crippen molar-refractivity contribution in [2.45, 2.75) is 0 Å². The van der Waals surface area contributed by atoms with E-state index >= 15 is 0 Å². The maximum absolute atomic E-state index is 5.20. The molecule has 0 saturated heterocycles. The van der Waals surface area contributed by atoms with Crippen molar-refractivity contribution >= 4 is 15.9 Å². The second-order valence-corrected chi connectivity index (χ2v) is 3.64. The molecule has 2 rings (SSSR count). The highest BCUT2D eigenvalue weighted by Gasteiger charge is 2.04. The largest absolute Gasteiger partial charge is 0.496 e. The molecule has 1 aromatic heterocycles. The second-order valence-electron chi connectivity index (χ2n) is 2.79. The van der Waals surface area contributed by atoms with Gasteiger partial charge >= 0.3 is 0 Å². The van der Waals surface area contributed by atoms with Crippen molar-refractivity contribution in [1.29, 1.82) is 0 Å². The number of rotatable bonds is 2. The smallest absolute Gasteiger partial charge is 0.137 e. The zero-order valence-corrected chi connectivity index (χ0v) is 9.21. The molecule has 1 N–H and O–H groups in total. The SMILES string of the molecule is COc1cc(-c2ncc[nH]2)ccc1Br. The summed E-state index contributed by atoms with van der Waals surface area (Å²) in [5, 5.41) is 0. The van der Waals surface area contributed by atoms with Gasteiger partial charge in [-0.05, 0) is 34.1 Å². The molecule has 0 aliphatic heterocycles. The number of nitrogens with one attached hydrogen (secondary N) is 1. The highest BCUT2D eigenvalue weighted by molar-refractivity contribution is 9.10. The average molecular weight is 253 g/mol. The van der Waals surface area contributed by atoms with E-state index in [0.717, 1.165) is 21.6 Å². The first-order valence-corrected chi connectivity index (χ1v) is 4.94. The van der Waals surface area contributed by atoms with Crippen LogP contribution >= 0.6 is 15.9 Å². The van der Waals surface area contributed by atoms with Crippen LogP contribution in [0.4, 0.5) is 0 Å². The molecule has 0 aliphatic rings. The molecule has 1 heterocycles. The number of ether oxygens (including phenoxy) is 1. The Morgan fingerprint density at radius 3 is 2.93 bits per heavy atom.